The van der Waals surface area contributed by atoms with E-state index in [-0.39, 0.29) is 11.9 Å². The van der Waals surface area contributed by atoms with Gasteiger partial charge in [0.25, 0.3) is 0 Å². The molecule has 9 nitrogen and oxygen atoms in total. The second-order valence-electron chi connectivity index (χ2n) is 6.89. The number of ether oxygens (including phenoxy) is 2. The topological polar surface area (TPSA) is 96.0 Å². The van der Waals surface area contributed by atoms with Crippen molar-refractivity contribution in [2.24, 2.45) is 0 Å². The van der Waals surface area contributed by atoms with E-state index >= 15 is 0 Å². The monoisotopic (exact) mass is 413 g/mol. The van der Waals surface area contributed by atoms with Crippen molar-refractivity contribution in [3.63, 3.8) is 0 Å². The number of nitrogens with one attached hydrogen (secondary N) is 2. The summed E-state index contributed by atoms with van der Waals surface area (Å²) in [6.07, 6.45) is 1.76. The van der Waals surface area contributed by atoms with Crippen molar-refractivity contribution in [3.8, 4) is 11.5 Å². The van der Waals surface area contributed by atoms with E-state index in [1.165, 1.54) is 7.11 Å². The number of anilines is 2. The Hall–Kier alpha value is -3.49. The number of methoxy groups -OCH3 is 2. The number of pyridine rings is 1. The van der Waals surface area contributed by atoms with Crippen molar-refractivity contribution >= 4 is 23.4 Å². The summed E-state index contributed by atoms with van der Waals surface area (Å²) in [5.74, 6) is 1.65. The molecule has 0 saturated carbocycles. The highest BCUT2D eigenvalue weighted by molar-refractivity contribution is 5.98. The fraction of sp³-hybridized carbons (Fsp3) is 0.381. The third-order valence-corrected chi connectivity index (χ3v) is 4.94. The van der Waals surface area contributed by atoms with Crippen LogP contribution in [0.15, 0.2) is 42.6 Å². The average Bonchev–Trinajstić information content (AvgIpc) is 2.79. The number of urea groups is 1. The molecule has 2 heterocycles. The minimum Gasteiger partial charge on any atom is -0.497 e. The second-order valence-corrected chi connectivity index (χ2v) is 6.89. The van der Waals surface area contributed by atoms with E-state index in [4.69, 9.17) is 9.47 Å². The third kappa shape index (κ3) is 5.11. The van der Waals surface area contributed by atoms with Gasteiger partial charge in [0.05, 0.1) is 19.9 Å². The zero-order valence-electron chi connectivity index (χ0n) is 17.4. The van der Waals surface area contributed by atoms with E-state index in [9.17, 15) is 9.59 Å². The maximum Gasteiger partial charge on any atom is 0.318 e. The molecule has 1 atom stereocenters. The minimum absolute atomic E-state index is 0.268. The number of carbonyl (C=O) groups is 2. The molecule has 0 bridgehead atoms. The van der Waals surface area contributed by atoms with Gasteiger partial charge in [-0.25, -0.2) is 9.78 Å². The highest BCUT2D eigenvalue weighted by atomic mass is 16.5. The Kier molecular flexibility index (Phi) is 6.95. The smallest absolute Gasteiger partial charge is 0.318 e. The third-order valence-electron chi connectivity index (χ3n) is 4.94. The molecule has 1 aliphatic heterocycles. The van der Waals surface area contributed by atoms with Gasteiger partial charge in [-0.05, 0) is 31.2 Å². The van der Waals surface area contributed by atoms with E-state index in [1.54, 1.807) is 43.3 Å². The number of hydrogen-bond donors (Lipinski definition) is 2. The van der Waals surface area contributed by atoms with Gasteiger partial charge >= 0.3 is 6.03 Å². The SMILES string of the molecule is COc1ccc(OC)c(NC(=O)C(C)NC(=O)N2CCN(c3ccccn3)CC2)c1. The van der Waals surface area contributed by atoms with Gasteiger partial charge in [0.2, 0.25) is 5.91 Å². The lowest BCUT2D eigenvalue weighted by Crippen LogP contribution is -2.54. The standard InChI is InChI=1S/C21H27N5O4/c1-15(20(27)24-17-14-16(29-2)7-8-18(17)30-3)23-21(28)26-12-10-25(11-13-26)19-6-4-5-9-22-19/h4-9,14-15H,10-13H2,1-3H3,(H,23,28)(H,24,27). The van der Waals surface area contributed by atoms with Crippen molar-refractivity contribution < 1.29 is 19.1 Å². The molecule has 3 rings (SSSR count). The van der Waals surface area contributed by atoms with Gasteiger partial charge in [-0.15, -0.1) is 0 Å². The number of nitrogens with zero attached hydrogens (tertiary/aromatic N) is 3. The summed E-state index contributed by atoms with van der Waals surface area (Å²) >= 11 is 0. The lowest BCUT2D eigenvalue weighted by Gasteiger charge is -2.35. The fourth-order valence-electron chi connectivity index (χ4n) is 3.17. The lowest BCUT2D eigenvalue weighted by atomic mass is 10.2. The summed E-state index contributed by atoms with van der Waals surface area (Å²) < 4.78 is 10.5. The molecule has 30 heavy (non-hydrogen) atoms. The molecule has 3 amide bonds. The van der Waals surface area contributed by atoms with E-state index in [1.807, 2.05) is 18.2 Å². The zero-order chi connectivity index (χ0) is 21.5. The van der Waals surface area contributed by atoms with E-state index in [0.29, 0.717) is 43.4 Å². The van der Waals surface area contributed by atoms with Gasteiger partial charge < -0.3 is 29.9 Å². The predicted molar refractivity (Wildman–Crippen MR) is 114 cm³/mol. The number of amides is 3. The molecule has 1 saturated heterocycles. The molecular formula is C21H27N5O4. The predicted octanol–water partition coefficient (Wildman–Crippen LogP) is 1.96. The van der Waals surface area contributed by atoms with Crippen molar-refractivity contribution in [2.45, 2.75) is 13.0 Å². The van der Waals surface area contributed by atoms with Gasteiger partial charge in [0.15, 0.2) is 0 Å². The van der Waals surface area contributed by atoms with E-state index < -0.39 is 6.04 Å². The van der Waals surface area contributed by atoms with Crippen LogP contribution in [0.1, 0.15) is 6.92 Å². The Bertz CT molecular complexity index is 869. The van der Waals surface area contributed by atoms with E-state index in [0.717, 1.165) is 5.82 Å². The van der Waals surface area contributed by atoms with Gasteiger partial charge in [-0.2, -0.15) is 0 Å². The van der Waals surface area contributed by atoms with Crippen LogP contribution < -0.4 is 25.0 Å². The van der Waals surface area contributed by atoms with E-state index in [2.05, 4.69) is 20.5 Å². The van der Waals surface area contributed by atoms with Gasteiger partial charge in [-0.3, -0.25) is 4.79 Å². The van der Waals surface area contributed by atoms with Crippen molar-refractivity contribution in [2.75, 3.05) is 50.6 Å². The molecule has 160 valence electrons. The molecule has 1 unspecified atom stereocenters. The molecule has 0 aliphatic carbocycles. The van der Waals surface area contributed by atoms with Crippen molar-refractivity contribution in [1.82, 2.24) is 15.2 Å². The summed E-state index contributed by atoms with van der Waals surface area (Å²) in [6, 6.07) is 9.90. The largest absolute Gasteiger partial charge is 0.497 e. The van der Waals surface area contributed by atoms with Crippen molar-refractivity contribution in [1.29, 1.82) is 0 Å². The molecule has 1 aliphatic rings. The number of hydrogen-bond acceptors (Lipinski definition) is 6. The summed E-state index contributed by atoms with van der Waals surface area (Å²) in [5, 5.41) is 5.54. The molecule has 0 radical (unpaired) electrons. The van der Waals surface area contributed by atoms with Crippen molar-refractivity contribution in [3.05, 3.63) is 42.6 Å². The molecule has 9 heteroatoms. The minimum atomic E-state index is -0.720. The van der Waals surface area contributed by atoms with Crippen LogP contribution >= 0.6 is 0 Å². The first-order chi connectivity index (χ1) is 14.5. The van der Waals surface area contributed by atoms with Crippen LogP contribution in [-0.4, -0.2) is 68.3 Å². The fourth-order valence-corrected chi connectivity index (χ4v) is 3.17. The summed E-state index contributed by atoms with van der Waals surface area (Å²) in [5.41, 5.74) is 0.479. The summed E-state index contributed by atoms with van der Waals surface area (Å²) in [7, 11) is 3.07. The maximum atomic E-state index is 12.6. The second kappa shape index (κ2) is 9.82. The maximum absolute atomic E-state index is 12.6. The number of rotatable bonds is 6. The highest BCUT2D eigenvalue weighted by Crippen LogP contribution is 2.28. The molecule has 1 aromatic heterocycles. The molecule has 0 spiro atoms. The lowest BCUT2D eigenvalue weighted by molar-refractivity contribution is -0.117. The Labute approximate surface area is 176 Å². The number of carbonyl (C=O) groups excluding carboxylic acids is 2. The van der Waals surface area contributed by atoms with Crippen LogP contribution in [0.2, 0.25) is 0 Å². The van der Waals surface area contributed by atoms with Crippen LogP contribution in [0, 0.1) is 0 Å². The number of piperazine rings is 1. The van der Waals surface area contributed by atoms with Crippen LogP contribution in [0.4, 0.5) is 16.3 Å². The molecular weight excluding hydrogens is 386 g/mol. The van der Waals surface area contributed by atoms with Crippen LogP contribution in [-0.2, 0) is 4.79 Å². The zero-order valence-corrected chi connectivity index (χ0v) is 17.4. The Morgan fingerprint density at radius 2 is 1.83 bits per heavy atom. The average molecular weight is 413 g/mol. The normalized spacial score (nSPS) is 14.6. The Balaban J connectivity index is 1.53. The summed E-state index contributed by atoms with van der Waals surface area (Å²) in [6.45, 7) is 4.13. The van der Waals surface area contributed by atoms with Gasteiger partial charge in [0.1, 0.15) is 23.4 Å². The number of aromatic nitrogens is 1. The molecule has 1 aromatic carbocycles. The Morgan fingerprint density at radius 3 is 2.47 bits per heavy atom. The molecule has 2 N–H and O–H groups in total. The molecule has 2 aromatic rings. The summed E-state index contributed by atoms with van der Waals surface area (Å²) in [4.78, 5) is 33.3. The highest BCUT2D eigenvalue weighted by Gasteiger charge is 2.25. The van der Waals surface area contributed by atoms with Crippen LogP contribution in [0.3, 0.4) is 0 Å². The quantitative estimate of drug-likeness (QED) is 0.752. The van der Waals surface area contributed by atoms with Crippen LogP contribution in [0.25, 0.3) is 0 Å². The Morgan fingerprint density at radius 1 is 1.07 bits per heavy atom. The number of benzene rings is 1. The van der Waals surface area contributed by atoms with Crippen LogP contribution in [0.5, 0.6) is 11.5 Å². The first kappa shape index (κ1) is 21.2. The van der Waals surface area contributed by atoms with Gasteiger partial charge in [-0.1, -0.05) is 6.07 Å². The first-order valence-electron chi connectivity index (χ1n) is 9.76. The first-order valence-corrected chi connectivity index (χ1v) is 9.76. The molecule has 1 fully saturated rings. The van der Waals surface area contributed by atoms with Gasteiger partial charge in [0, 0.05) is 38.4 Å².